The molecule has 1 rings (SSSR count). The van der Waals surface area contributed by atoms with Crippen LogP contribution in [-0.2, 0) is 0 Å². The molecule has 0 atom stereocenters. The fraction of sp³-hybridized carbons (Fsp3) is 0.333. The highest BCUT2D eigenvalue weighted by Gasteiger charge is 2.02. The first kappa shape index (κ1) is 9.67. The summed E-state index contributed by atoms with van der Waals surface area (Å²) in [4.78, 5) is 17.1. The molecule has 1 amide bonds. The normalized spacial score (nSPS) is 10.1. The molecule has 0 saturated heterocycles. The molecule has 70 valence electrons. The Morgan fingerprint density at radius 1 is 1.46 bits per heavy atom. The first-order valence-electron chi connectivity index (χ1n) is 4.03. The van der Waals surface area contributed by atoms with E-state index in [-0.39, 0.29) is 5.91 Å². The highest BCUT2D eigenvalue weighted by Crippen LogP contribution is 1.94. The monoisotopic (exact) mass is 179 g/mol. The Hall–Kier alpha value is -1.42. The summed E-state index contributed by atoms with van der Waals surface area (Å²) in [5.41, 5.74) is 0.636. The van der Waals surface area contributed by atoms with Gasteiger partial charge in [-0.2, -0.15) is 0 Å². The van der Waals surface area contributed by atoms with Crippen molar-refractivity contribution in [3.05, 3.63) is 30.1 Å². The standard InChI is InChI=1S/C9H13N3O/c1-12(2)7-11-9(13)8-3-5-10-6-4-8/h3-6H,7H2,1-2H3,(H,11,13). The molecule has 1 heterocycles. The van der Waals surface area contributed by atoms with E-state index in [1.165, 1.54) is 0 Å². The zero-order valence-corrected chi connectivity index (χ0v) is 7.82. The van der Waals surface area contributed by atoms with Gasteiger partial charge in [0.1, 0.15) is 0 Å². The van der Waals surface area contributed by atoms with E-state index < -0.39 is 0 Å². The molecular formula is C9H13N3O. The van der Waals surface area contributed by atoms with Gasteiger partial charge in [-0.1, -0.05) is 0 Å². The first-order chi connectivity index (χ1) is 6.20. The molecular weight excluding hydrogens is 166 g/mol. The second-order valence-electron chi connectivity index (χ2n) is 2.98. The molecule has 1 aromatic rings. The van der Waals surface area contributed by atoms with Crippen molar-refractivity contribution in [1.82, 2.24) is 15.2 Å². The fourth-order valence-electron chi connectivity index (χ4n) is 0.835. The van der Waals surface area contributed by atoms with Gasteiger partial charge >= 0.3 is 0 Å². The van der Waals surface area contributed by atoms with Crippen molar-refractivity contribution in [2.45, 2.75) is 0 Å². The zero-order valence-electron chi connectivity index (χ0n) is 7.82. The van der Waals surface area contributed by atoms with Crippen LogP contribution in [0.3, 0.4) is 0 Å². The van der Waals surface area contributed by atoms with Crippen LogP contribution in [0.15, 0.2) is 24.5 Å². The Labute approximate surface area is 77.6 Å². The van der Waals surface area contributed by atoms with E-state index in [2.05, 4.69) is 10.3 Å². The van der Waals surface area contributed by atoms with Crippen molar-refractivity contribution in [1.29, 1.82) is 0 Å². The summed E-state index contributed by atoms with van der Waals surface area (Å²) in [5.74, 6) is -0.0731. The average Bonchev–Trinajstić information content (AvgIpc) is 2.15. The summed E-state index contributed by atoms with van der Waals surface area (Å²) < 4.78 is 0. The quantitative estimate of drug-likeness (QED) is 0.680. The second-order valence-corrected chi connectivity index (χ2v) is 2.98. The van der Waals surface area contributed by atoms with Crippen LogP contribution in [0.1, 0.15) is 10.4 Å². The fourth-order valence-corrected chi connectivity index (χ4v) is 0.835. The van der Waals surface area contributed by atoms with Crippen molar-refractivity contribution in [3.8, 4) is 0 Å². The minimum Gasteiger partial charge on any atom is -0.339 e. The number of aromatic nitrogens is 1. The molecule has 13 heavy (non-hydrogen) atoms. The summed E-state index contributed by atoms with van der Waals surface area (Å²) in [6.07, 6.45) is 3.20. The number of hydrogen-bond acceptors (Lipinski definition) is 3. The van der Waals surface area contributed by atoms with Gasteiger partial charge in [0.15, 0.2) is 0 Å². The van der Waals surface area contributed by atoms with E-state index in [0.717, 1.165) is 0 Å². The van der Waals surface area contributed by atoms with Crippen molar-refractivity contribution >= 4 is 5.91 Å². The van der Waals surface area contributed by atoms with Gasteiger partial charge in [-0.15, -0.1) is 0 Å². The molecule has 0 aliphatic rings. The van der Waals surface area contributed by atoms with Crippen LogP contribution >= 0.6 is 0 Å². The lowest BCUT2D eigenvalue weighted by Gasteiger charge is -2.10. The predicted octanol–water partition coefficient (Wildman–Crippen LogP) is 0.330. The molecule has 0 spiro atoms. The van der Waals surface area contributed by atoms with E-state index in [9.17, 15) is 4.79 Å². The van der Waals surface area contributed by atoms with Crippen molar-refractivity contribution in [3.63, 3.8) is 0 Å². The highest BCUT2D eigenvalue weighted by atomic mass is 16.1. The number of hydrogen-bond donors (Lipinski definition) is 1. The Bertz CT molecular complexity index is 271. The van der Waals surface area contributed by atoms with Gasteiger partial charge in [-0.05, 0) is 26.2 Å². The molecule has 0 radical (unpaired) electrons. The van der Waals surface area contributed by atoms with Crippen LogP contribution in [0.4, 0.5) is 0 Å². The summed E-state index contributed by atoms with van der Waals surface area (Å²) in [5, 5.41) is 2.76. The molecule has 0 fully saturated rings. The maximum absolute atomic E-state index is 11.4. The maximum atomic E-state index is 11.4. The Morgan fingerprint density at radius 3 is 2.62 bits per heavy atom. The molecule has 0 bridgehead atoms. The summed E-state index contributed by atoms with van der Waals surface area (Å²) >= 11 is 0. The molecule has 0 aliphatic carbocycles. The van der Waals surface area contributed by atoms with Crippen molar-refractivity contribution < 1.29 is 4.79 Å². The number of pyridine rings is 1. The molecule has 0 saturated carbocycles. The summed E-state index contributed by atoms with van der Waals surface area (Å²) in [6, 6.07) is 3.37. The van der Waals surface area contributed by atoms with Crippen molar-refractivity contribution in [2.75, 3.05) is 20.8 Å². The average molecular weight is 179 g/mol. The molecule has 4 heteroatoms. The topological polar surface area (TPSA) is 45.2 Å². The molecule has 4 nitrogen and oxygen atoms in total. The third-order valence-corrected chi connectivity index (χ3v) is 1.50. The van der Waals surface area contributed by atoms with Gasteiger partial charge in [-0.25, -0.2) is 0 Å². The number of carbonyl (C=O) groups is 1. The third-order valence-electron chi connectivity index (χ3n) is 1.50. The maximum Gasteiger partial charge on any atom is 0.252 e. The molecule has 1 N–H and O–H groups in total. The Kier molecular flexibility index (Phi) is 3.40. The van der Waals surface area contributed by atoms with Gasteiger partial charge in [0.25, 0.3) is 5.91 Å². The Morgan fingerprint density at radius 2 is 2.08 bits per heavy atom. The van der Waals surface area contributed by atoms with E-state index in [1.54, 1.807) is 24.5 Å². The number of amides is 1. The van der Waals surface area contributed by atoms with Crippen LogP contribution in [0.25, 0.3) is 0 Å². The SMILES string of the molecule is CN(C)CNC(=O)c1ccncc1. The lowest BCUT2D eigenvalue weighted by atomic mass is 10.2. The van der Waals surface area contributed by atoms with E-state index in [0.29, 0.717) is 12.2 Å². The van der Waals surface area contributed by atoms with Gasteiger partial charge in [0.05, 0.1) is 6.67 Å². The summed E-state index contributed by atoms with van der Waals surface area (Å²) in [7, 11) is 3.79. The van der Waals surface area contributed by atoms with Crippen molar-refractivity contribution in [2.24, 2.45) is 0 Å². The lowest BCUT2D eigenvalue weighted by molar-refractivity contribution is 0.0935. The molecule has 0 aromatic carbocycles. The highest BCUT2D eigenvalue weighted by molar-refractivity contribution is 5.93. The minimum atomic E-state index is -0.0731. The first-order valence-corrected chi connectivity index (χ1v) is 4.03. The van der Waals surface area contributed by atoms with E-state index in [4.69, 9.17) is 0 Å². The smallest absolute Gasteiger partial charge is 0.252 e. The number of nitrogens with zero attached hydrogens (tertiary/aromatic N) is 2. The van der Waals surface area contributed by atoms with Crippen LogP contribution in [-0.4, -0.2) is 36.6 Å². The Balaban J connectivity index is 2.50. The lowest BCUT2D eigenvalue weighted by Crippen LogP contribution is -2.32. The van der Waals surface area contributed by atoms with Crippen LogP contribution in [0.5, 0.6) is 0 Å². The molecule has 0 aliphatic heterocycles. The van der Waals surface area contributed by atoms with E-state index in [1.807, 2.05) is 19.0 Å². The van der Waals surface area contributed by atoms with Crippen LogP contribution in [0, 0.1) is 0 Å². The van der Waals surface area contributed by atoms with Gasteiger partial charge in [-0.3, -0.25) is 14.7 Å². The second kappa shape index (κ2) is 4.57. The third kappa shape index (κ3) is 3.21. The van der Waals surface area contributed by atoms with Crippen LogP contribution in [0.2, 0.25) is 0 Å². The molecule has 0 unspecified atom stereocenters. The zero-order chi connectivity index (χ0) is 9.68. The number of carbonyl (C=O) groups excluding carboxylic acids is 1. The largest absolute Gasteiger partial charge is 0.339 e. The predicted molar refractivity (Wildman–Crippen MR) is 50.3 cm³/mol. The van der Waals surface area contributed by atoms with E-state index >= 15 is 0 Å². The minimum absolute atomic E-state index is 0.0731. The van der Waals surface area contributed by atoms with Gasteiger partial charge < -0.3 is 5.32 Å². The number of rotatable bonds is 3. The molecule has 1 aromatic heterocycles. The van der Waals surface area contributed by atoms with Crippen LogP contribution < -0.4 is 5.32 Å². The number of nitrogens with one attached hydrogen (secondary N) is 1. The van der Waals surface area contributed by atoms with Gasteiger partial charge in [0.2, 0.25) is 0 Å². The summed E-state index contributed by atoms with van der Waals surface area (Å²) in [6.45, 7) is 0.543. The van der Waals surface area contributed by atoms with Gasteiger partial charge in [0, 0.05) is 18.0 Å².